The van der Waals surface area contributed by atoms with Gasteiger partial charge in [0.05, 0.1) is 63.5 Å². The average Bonchev–Trinajstić information content (AvgIpc) is 1.67. The van der Waals surface area contributed by atoms with Gasteiger partial charge in [0, 0.05) is 108 Å². The molecule has 0 bridgehead atoms. The van der Waals surface area contributed by atoms with Crippen molar-refractivity contribution < 1.29 is 66.7 Å². The van der Waals surface area contributed by atoms with E-state index in [1.165, 1.54) is 24.0 Å². The fraction of sp³-hybridized carbons (Fsp3) is 0.280. The van der Waals surface area contributed by atoms with Crippen LogP contribution in [-0.4, -0.2) is 113 Å². The number of rotatable bonds is 17. The lowest BCUT2D eigenvalue weighted by Gasteiger charge is -2.32. The number of ether oxygens (including phenoxy) is 8. The number of benzene rings is 6. The van der Waals surface area contributed by atoms with Crippen molar-refractivity contribution in [2.75, 3.05) is 70.0 Å². The molecule has 17 nitrogen and oxygen atoms in total. The summed E-state index contributed by atoms with van der Waals surface area (Å²) in [6, 6.07) is 47.2. The number of methoxy groups -OCH3 is 8. The van der Waals surface area contributed by atoms with Crippen LogP contribution >= 0.6 is 0 Å². The molecule has 1 N–H and O–H groups in total. The quantitative estimate of drug-likeness (QED) is 0.0667. The SMILES string of the molecule is COc1cc2c(cc1OC)C(=O)C(=Cc1cc[n+](Cc3ccccc3)cc1)C2.COc1cc2c(cc1OC)C(=O)C(=Cc1ccncc1)C2.COc1cc2c(cc1OC)C(=O)C(CC1CCN(Cc3ccccc3)CC1)C2.COc1cc2c(cc1OC)C(=O)CC2.OCc1ccncc1. The van der Waals surface area contributed by atoms with Crippen LogP contribution in [0.2, 0.25) is 0 Å². The highest BCUT2D eigenvalue weighted by Gasteiger charge is 2.35. The molecule has 3 aromatic heterocycles. The van der Waals surface area contributed by atoms with E-state index in [4.69, 9.17) is 43.0 Å². The van der Waals surface area contributed by atoms with Gasteiger partial charge in [-0.2, -0.15) is 0 Å². The number of hydrogen-bond donors (Lipinski definition) is 1. The molecule has 4 aliphatic carbocycles. The Morgan fingerprint density at radius 3 is 1.36 bits per heavy atom. The normalized spacial score (nSPS) is 15.7. The smallest absolute Gasteiger partial charge is 0.189 e. The fourth-order valence-corrected chi connectivity index (χ4v) is 13.0. The monoisotopic (exact) mass is 1330 g/mol. The van der Waals surface area contributed by atoms with Gasteiger partial charge in [-0.15, -0.1) is 0 Å². The second kappa shape index (κ2) is 34.5. The Morgan fingerprint density at radius 1 is 0.465 bits per heavy atom. The number of aromatic nitrogens is 3. The van der Waals surface area contributed by atoms with Crippen LogP contribution in [0.5, 0.6) is 46.0 Å². The molecule has 1 unspecified atom stereocenters. The van der Waals surface area contributed by atoms with Crippen LogP contribution in [-0.2, 0) is 45.4 Å². The van der Waals surface area contributed by atoms with E-state index in [0.717, 1.165) is 107 Å². The first-order valence-electron chi connectivity index (χ1n) is 33.0. The van der Waals surface area contributed by atoms with Crippen molar-refractivity contribution in [3.63, 3.8) is 0 Å². The zero-order valence-corrected chi connectivity index (χ0v) is 57.5. The minimum atomic E-state index is 0.0442. The molecule has 4 heterocycles. The zero-order chi connectivity index (χ0) is 69.8. The number of ketones is 4. The molecular weight excluding hydrogens is 1250 g/mol. The Kier molecular flexibility index (Phi) is 24.7. The highest BCUT2D eigenvalue weighted by Crippen LogP contribution is 2.42. The van der Waals surface area contributed by atoms with Gasteiger partial charge in [-0.1, -0.05) is 60.7 Å². The molecule has 5 aliphatic rings. The molecule has 9 aromatic rings. The maximum Gasteiger partial charge on any atom is 0.189 e. The van der Waals surface area contributed by atoms with Crippen molar-refractivity contribution in [3.05, 3.63) is 266 Å². The highest BCUT2D eigenvalue weighted by atomic mass is 16.5. The van der Waals surface area contributed by atoms with Crippen LogP contribution in [0, 0.1) is 11.8 Å². The maximum absolute atomic E-state index is 12.9. The summed E-state index contributed by atoms with van der Waals surface area (Å²) in [4.78, 5) is 60.0. The molecule has 99 heavy (non-hydrogen) atoms. The van der Waals surface area contributed by atoms with Crippen molar-refractivity contribution in [2.24, 2.45) is 11.8 Å². The Bertz CT molecular complexity index is 4330. The molecule has 6 aromatic carbocycles. The van der Waals surface area contributed by atoms with Crippen LogP contribution in [0.4, 0.5) is 0 Å². The molecule has 510 valence electrons. The number of fused-ring (bicyclic) bond motifs is 4. The number of allylic oxidation sites excluding steroid dienone is 2. The van der Waals surface area contributed by atoms with Gasteiger partial charge in [0.25, 0.3) is 0 Å². The van der Waals surface area contributed by atoms with Crippen molar-refractivity contribution in [2.45, 2.75) is 71.1 Å². The molecule has 1 fully saturated rings. The molecule has 17 heteroatoms. The first-order valence-corrected chi connectivity index (χ1v) is 33.0. The third kappa shape index (κ3) is 17.9. The summed E-state index contributed by atoms with van der Waals surface area (Å²) in [6.45, 7) is 4.19. The Morgan fingerprint density at radius 2 is 0.889 bits per heavy atom. The minimum absolute atomic E-state index is 0.0442. The predicted octanol–water partition coefficient (Wildman–Crippen LogP) is 13.6. The van der Waals surface area contributed by atoms with Crippen LogP contribution in [0.15, 0.2) is 194 Å². The number of aryl methyl sites for hydroxylation is 1. The molecule has 1 aliphatic heterocycles. The van der Waals surface area contributed by atoms with Gasteiger partial charge in [0.1, 0.15) is 0 Å². The van der Waals surface area contributed by atoms with Gasteiger partial charge in [0.2, 0.25) is 0 Å². The van der Waals surface area contributed by atoms with Crippen molar-refractivity contribution in [1.29, 1.82) is 0 Å². The second-order valence-electron chi connectivity index (χ2n) is 24.5. The van der Waals surface area contributed by atoms with Gasteiger partial charge < -0.3 is 43.0 Å². The number of likely N-dealkylation sites (tertiary alicyclic amines) is 1. The molecule has 0 radical (unpaired) electrons. The largest absolute Gasteiger partial charge is 0.493 e. The number of aliphatic hydroxyl groups excluding tert-OH is 1. The molecule has 0 saturated carbocycles. The van der Waals surface area contributed by atoms with E-state index >= 15 is 0 Å². The Labute approximate surface area is 579 Å². The number of carbonyl (C=O) groups excluding carboxylic acids is 4. The lowest BCUT2D eigenvalue weighted by atomic mass is 9.85. The van der Waals surface area contributed by atoms with Gasteiger partial charge in [-0.25, -0.2) is 4.57 Å². The summed E-state index contributed by atoms with van der Waals surface area (Å²) in [5.74, 6) is 6.45. The van der Waals surface area contributed by atoms with E-state index in [-0.39, 0.29) is 35.7 Å². The van der Waals surface area contributed by atoms with Gasteiger partial charge in [0.15, 0.2) is 88.1 Å². The molecule has 14 rings (SSSR count). The van der Waals surface area contributed by atoms with E-state index in [1.807, 2.05) is 97.3 Å². The number of Topliss-reactive ketones (excluding diaryl/α,β-unsaturated/α-hetero) is 4. The predicted molar refractivity (Wildman–Crippen MR) is 380 cm³/mol. The number of hydrogen-bond acceptors (Lipinski definition) is 16. The van der Waals surface area contributed by atoms with Crippen LogP contribution in [0.25, 0.3) is 12.2 Å². The van der Waals surface area contributed by atoms with Crippen molar-refractivity contribution >= 4 is 35.3 Å². The summed E-state index contributed by atoms with van der Waals surface area (Å²) in [7, 11) is 12.8. The van der Waals surface area contributed by atoms with E-state index < -0.39 is 0 Å². The van der Waals surface area contributed by atoms with E-state index in [2.05, 4.69) is 61.9 Å². The van der Waals surface area contributed by atoms with Gasteiger partial charge >= 0.3 is 0 Å². The summed E-state index contributed by atoms with van der Waals surface area (Å²) >= 11 is 0. The van der Waals surface area contributed by atoms with Gasteiger partial charge in [-0.3, -0.25) is 34.0 Å². The van der Waals surface area contributed by atoms with Crippen LogP contribution in [0.1, 0.15) is 117 Å². The van der Waals surface area contributed by atoms with Crippen LogP contribution in [0.3, 0.4) is 0 Å². The summed E-state index contributed by atoms with van der Waals surface area (Å²) in [5.41, 5.74) is 14.2. The van der Waals surface area contributed by atoms with E-state index in [0.29, 0.717) is 82.3 Å². The molecule has 1 saturated heterocycles. The van der Waals surface area contributed by atoms with Gasteiger partial charge in [-0.05, 0) is 181 Å². The second-order valence-corrected chi connectivity index (χ2v) is 24.5. The Hall–Kier alpha value is -10.8. The summed E-state index contributed by atoms with van der Waals surface area (Å²) in [6.07, 6.45) is 21.5. The first kappa shape index (κ1) is 71.0. The number of carbonyl (C=O) groups is 4. The molecule has 0 spiro atoms. The molecule has 1 atom stereocenters. The minimum Gasteiger partial charge on any atom is -0.493 e. The lowest BCUT2D eigenvalue weighted by Crippen LogP contribution is -2.34. The number of pyridine rings is 3. The highest BCUT2D eigenvalue weighted by molar-refractivity contribution is 6.16. The molecule has 0 amide bonds. The maximum atomic E-state index is 12.9. The lowest BCUT2D eigenvalue weighted by molar-refractivity contribution is -0.688. The van der Waals surface area contributed by atoms with Crippen molar-refractivity contribution in [3.8, 4) is 46.0 Å². The van der Waals surface area contributed by atoms with E-state index in [9.17, 15) is 19.2 Å². The molecular formula is C82H85N4O13+. The number of nitrogens with zero attached hydrogens (tertiary/aromatic N) is 4. The third-order valence-corrected chi connectivity index (χ3v) is 18.3. The zero-order valence-electron chi connectivity index (χ0n) is 57.5. The first-order chi connectivity index (χ1) is 48.3. The van der Waals surface area contributed by atoms with Crippen molar-refractivity contribution in [1.82, 2.24) is 14.9 Å². The fourth-order valence-electron chi connectivity index (χ4n) is 13.0. The summed E-state index contributed by atoms with van der Waals surface area (Å²) < 4.78 is 44.4. The van der Waals surface area contributed by atoms with E-state index in [1.54, 1.807) is 112 Å². The number of aliphatic hydroxyl groups is 1. The Balaban J connectivity index is 0.000000141. The summed E-state index contributed by atoms with van der Waals surface area (Å²) in [5, 5.41) is 8.51. The third-order valence-electron chi connectivity index (χ3n) is 18.3. The van der Waals surface area contributed by atoms with Crippen LogP contribution < -0.4 is 42.5 Å². The topological polar surface area (TPSA) is 195 Å². The standard InChI is InChI=1S/C24H29NO3.C24H22NO3.C17H15NO3.C11H12O3.C6H7NO/c2*1-27-22-14-19-13-20(24(26)21(19)15-23(22)28-2)12-17-8-10-25(11-9-17)16-18-6-4-3-5-7-18;1-20-15-9-12-8-13(7-11-3-5-18-6-4-11)17(19)14(12)10-16(15)21-2;1-13-10-5-7-3-4-9(12)8(7)6-11(10)14-2;8-5-6-1-3-7-4-2-6/h3-7,14-15,17,20H,8-13,16H2,1-2H3;3-12,14-15H,13,16H2,1-2H3;3-7,9-10H,8H2,1-2H3;5-6H,3-4H2,1-2H3;1-4,8H,5H2/q;+1;;;. The number of piperidine rings is 1. The average molecular weight is 1330 g/mol.